The standard InChI is InChI=1S/C90H159N5O8.C14H23NO/c1-11-15-19-23-32-43-53-79-75(49-39-21-17-13-3)57-56-72(6)78(79)52-42-34-26-29-37-48-65-94-87(101)68-83(89(94)103)95(74(8)97)70-90(9,10)69-71(5)62-66-91(73(7)96)82-67-86(100)93(88(82)102)64-47-38-30-27-35-45-55-81-77(51-41-31-25-28-36-46-63-92-84(98)60-61-85(92)99)59-58-76(50-40-22-18-14-4)80(81)54-44-33-24-20-16-12-2;1-3-4-5-6-7-8-9-12-15-13(2)10-11-14(15)16/h60-61,71-72,75-83H,11-59,62-70H2,1-10H3;10-11H,2-9,12H2,1H3. The van der Waals surface area contributed by atoms with Crippen LogP contribution in [0.5, 0.6) is 0 Å². The summed E-state index contributed by atoms with van der Waals surface area (Å²) < 4.78 is 0. The van der Waals surface area contributed by atoms with E-state index < -0.39 is 17.5 Å². The van der Waals surface area contributed by atoms with Crippen LogP contribution in [-0.2, 0) is 43.2 Å². The molecule has 2 aliphatic carbocycles. The second-order valence-corrected chi connectivity index (χ2v) is 39.5. The Morgan fingerprint density at radius 3 is 1.03 bits per heavy atom. The third-order valence-corrected chi connectivity index (χ3v) is 29.0. The number of hydrogen-bond donors (Lipinski definition) is 0. The summed E-state index contributed by atoms with van der Waals surface area (Å²) in [5.74, 6) is 5.36. The lowest BCUT2D eigenvalue weighted by atomic mass is 9.61. The zero-order valence-corrected chi connectivity index (χ0v) is 78.9. The third kappa shape index (κ3) is 39.4. The zero-order valence-electron chi connectivity index (χ0n) is 78.9. The lowest BCUT2D eigenvalue weighted by Gasteiger charge is -2.44. The summed E-state index contributed by atoms with van der Waals surface area (Å²) in [5.41, 5.74) is 0.436. The largest absolute Gasteiger partial charge is 0.330 e. The predicted octanol–water partition coefficient (Wildman–Crippen LogP) is 26.1. The molecule has 0 aromatic carbocycles. The van der Waals surface area contributed by atoms with Crippen LogP contribution in [0.25, 0.3) is 0 Å². The minimum absolute atomic E-state index is 0.0171. The van der Waals surface area contributed by atoms with Crippen molar-refractivity contribution in [2.24, 2.45) is 58.7 Å². The molecule has 4 fully saturated rings. The van der Waals surface area contributed by atoms with Crippen molar-refractivity contribution in [3.05, 3.63) is 36.6 Å². The molecule has 0 aromatic rings. The molecule has 119 heavy (non-hydrogen) atoms. The molecule has 11 unspecified atom stereocenters. The number of nitrogens with zero attached hydrogens (tertiary/aromatic N) is 6. The van der Waals surface area contributed by atoms with Gasteiger partial charge in [0.2, 0.25) is 23.6 Å². The monoisotopic (exact) mass is 1660 g/mol. The molecule has 0 bridgehead atoms. The summed E-state index contributed by atoms with van der Waals surface area (Å²) in [4.78, 5) is 126. The quantitative estimate of drug-likeness (QED) is 0.0424. The van der Waals surface area contributed by atoms with Gasteiger partial charge in [-0.1, -0.05) is 358 Å². The van der Waals surface area contributed by atoms with Crippen LogP contribution >= 0.6 is 0 Å². The van der Waals surface area contributed by atoms with E-state index in [1.807, 2.05) is 0 Å². The van der Waals surface area contributed by atoms with E-state index in [1.165, 1.54) is 330 Å². The lowest BCUT2D eigenvalue weighted by molar-refractivity contribution is -0.144. The maximum atomic E-state index is 14.0. The van der Waals surface area contributed by atoms with Gasteiger partial charge in [0.15, 0.2) is 0 Å². The summed E-state index contributed by atoms with van der Waals surface area (Å²) in [6.45, 7) is 30.0. The van der Waals surface area contributed by atoms with Gasteiger partial charge in [0.1, 0.15) is 12.1 Å². The van der Waals surface area contributed by atoms with E-state index >= 15 is 0 Å². The average Bonchev–Trinajstić information content (AvgIpc) is 1.72. The number of rotatable bonds is 68. The van der Waals surface area contributed by atoms with Crippen molar-refractivity contribution in [3.63, 3.8) is 0 Å². The van der Waals surface area contributed by atoms with Gasteiger partial charge in [-0.25, -0.2) is 0 Å². The average molecular weight is 1660 g/mol. The van der Waals surface area contributed by atoms with Gasteiger partial charge in [-0.15, -0.1) is 0 Å². The van der Waals surface area contributed by atoms with E-state index in [2.05, 4.69) is 68.9 Å². The molecule has 6 rings (SSSR count). The number of allylic oxidation sites excluding steroid dienone is 1. The summed E-state index contributed by atoms with van der Waals surface area (Å²) in [6, 6.07) is -1.59. The zero-order chi connectivity index (χ0) is 86.6. The van der Waals surface area contributed by atoms with E-state index in [0.29, 0.717) is 45.6 Å². The molecule has 15 heteroatoms. The topological polar surface area (TPSA) is 173 Å². The molecular formula is C104H182N6O9. The molecule has 15 nitrogen and oxygen atoms in total. The predicted molar refractivity (Wildman–Crippen MR) is 494 cm³/mol. The van der Waals surface area contributed by atoms with Crippen LogP contribution in [0.15, 0.2) is 36.6 Å². The van der Waals surface area contributed by atoms with E-state index in [9.17, 15) is 43.2 Å². The molecule has 0 spiro atoms. The molecular weight excluding hydrogens is 1480 g/mol. The first-order chi connectivity index (χ1) is 57.5. The first-order valence-corrected chi connectivity index (χ1v) is 51.0. The first kappa shape index (κ1) is 105. The van der Waals surface area contributed by atoms with Crippen LogP contribution in [0.3, 0.4) is 0 Å². The van der Waals surface area contributed by atoms with Crippen LogP contribution in [0.2, 0.25) is 0 Å². The van der Waals surface area contributed by atoms with E-state index in [-0.39, 0.29) is 71.9 Å². The highest BCUT2D eigenvalue weighted by Crippen LogP contribution is 2.49. The smallest absolute Gasteiger partial charge is 0.253 e. The van der Waals surface area contributed by atoms with Gasteiger partial charge in [-0.05, 0) is 148 Å². The Labute approximate surface area is 729 Å². The Morgan fingerprint density at radius 1 is 0.378 bits per heavy atom. The Hall–Kier alpha value is -4.95. The lowest BCUT2D eigenvalue weighted by Crippen LogP contribution is -2.48. The van der Waals surface area contributed by atoms with Crippen LogP contribution < -0.4 is 0 Å². The number of carbonyl (C=O) groups is 9. The van der Waals surface area contributed by atoms with Crippen LogP contribution in [0.4, 0.5) is 0 Å². The molecule has 0 aromatic heterocycles. The summed E-state index contributed by atoms with van der Waals surface area (Å²) in [5, 5.41) is 0. The Morgan fingerprint density at radius 2 is 0.664 bits per heavy atom. The van der Waals surface area contributed by atoms with E-state index in [4.69, 9.17) is 0 Å². The van der Waals surface area contributed by atoms with Crippen LogP contribution in [0, 0.1) is 58.7 Å². The number of hydrogen-bond acceptors (Lipinski definition) is 9. The fourth-order valence-electron chi connectivity index (χ4n) is 22.1. The molecule has 4 heterocycles. The van der Waals surface area contributed by atoms with Gasteiger partial charge in [0.05, 0.1) is 12.8 Å². The molecule has 682 valence electrons. The second kappa shape index (κ2) is 61.4. The number of likely N-dealkylation sites (tertiary alicyclic amines) is 2. The van der Waals surface area contributed by atoms with Crippen LogP contribution in [-0.4, -0.2) is 134 Å². The van der Waals surface area contributed by atoms with Crippen molar-refractivity contribution >= 4 is 53.2 Å². The fourth-order valence-corrected chi connectivity index (χ4v) is 22.1. The van der Waals surface area contributed by atoms with Crippen molar-refractivity contribution in [1.29, 1.82) is 0 Å². The number of imide groups is 3. The Kier molecular flexibility index (Phi) is 54.0. The maximum Gasteiger partial charge on any atom is 0.253 e. The summed E-state index contributed by atoms with van der Waals surface area (Å²) in [6.07, 6.45) is 79.1. The van der Waals surface area contributed by atoms with Gasteiger partial charge in [-0.2, -0.15) is 0 Å². The fraction of sp³-hybridized carbons (Fsp3) is 0.856. The van der Waals surface area contributed by atoms with E-state index in [0.717, 1.165) is 130 Å². The number of amides is 9. The number of carbonyl (C=O) groups excluding carboxylic acids is 9. The molecule has 0 N–H and O–H groups in total. The minimum atomic E-state index is -0.800. The van der Waals surface area contributed by atoms with Gasteiger partial charge in [0.25, 0.3) is 29.5 Å². The first-order valence-electron chi connectivity index (χ1n) is 51.0. The van der Waals surface area contributed by atoms with Crippen molar-refractivity contribution in [3.8, 4) is 0 Å². The Bertz CT molecular complexity index is 2920. The van der Waals surface area contributed by atoms with Crippen molar-refractivity contribution in [2.45, 2.75) is 473 Å². The van der Waals surface area contributed by atoms with Crippen molar-refractivity contribution < 1.29 is 43.2 Å². The highest BCUT2D eigenvalue weighted by Gasteiger charge is 2.46. The van der Waals surface area contributed by atoms with Crippen molar-refractivity contribution in [2.75, 3.05) is 39.3 Å². The highest BCUT2D eigenvalue weighted by atomic mass is 16.2. The molecule has 11 atom stereocenters. The molecule has 0 radical (unpaired) electrons. The van der Waals surface area contributed by atoms with E-state index in [1.54, 1.807) is 26.9 Å². The second-order valence-electron chi connectivity index (χ2n) is 39.5. The normalized spacial score (nSPS) is 22.4. The summed E-state index contributed by atoms with van der Waals surface area (Å²) in [7, 11) is 0. The number of unbranched alkanes of at least 4 members (excludes halogenated alkanes) is 37. The summed E-state index contributed by atoms with van der Waals surface area (Å²) >= 11 is 0. The molecule has 2 saturated carbocycles. The van der Waals surface area contributed by atoms with Crippen molar-refractivity contribution in [1.82, 2.24) is 29.4 Å². The third-order valence-electron chi connectivity index (χ3n) is 29.0. The maximum absolute atomic E-state index is 14.0. The van der Waals surface area contributed by atoms with Gasteiger partial charge < -0.3 is 14.7 Å². The van der Waals surface area contributed by atoms with Gasteiger partial charge in [-0.3, -0.25) is 57.9 Å². The Balaban J connectivity index is 0.00000140. The van der Waals surface area contributed by atoms with Crippen LogP contribution in [0.1, 0.15) is 461 Å². The highest BCUT2D eigenvalue weighted by molar-refractivity contribution is 6.13. The molecule has 6 aliphatic rings. The van der Waals surface area contributed by atoms with Gasteiger partial charge >= 0.3 is 0 Å². The minimum Gasteiger partial charge on any atom is -0.330 e. The van der Waals surface area contributed by atoms with Gasteiger partial charge in [0, 0.05) is 77.0 Å². The molecule has 4 aliphatic heterocycles. The molecule has 9 amide bonds. The molecule has 2 saturated heterocycles. The SMILES string of the molecule is C=C1C=CC(=O)N1CCCCCCCCC.CCCCCCCCC1C(CCCCCC)CCC(C)C1CCCCCCCCN1C(=O)CC(N(CC(C)(C)CC(C)CCN(C(C)=O)C2CC(=O)N(CCCCCCCCC3C(CCCCCCCCN4C(=O)C=CC4=O)CCC(CCCCCC)C3CCCCCCCC)C2=O)C(C)=O)C1=O.